The molecule has 0 aliphatic rings. The molecular formula is C25H37NO4. The van der Waals surface area contributed by atoms with Gasteiger partial charge in [0, 0.05) is 33.5 Å². The molecule has 5 heteroatoms. The van der Waals surface area contributed by atoms with Crippen molar-refractivity contribution in [3.63, 3.8) is 0 Å². The Balaban J connectivity index is 2.05. The zero-order valence-electron chi connectivity index (χ0n) is 29.7. The molecule has 0 aliphatic heterocycles. The number of ether oxygens (including phenoxy) is 1. The maximum Gasteiger partial charge on any atom is 0.121 e. The molecule has 4 N–H and O–H groups in total. The predicted octanol–water partition coefficient (Wildman–Crippen LogP) is 4.11. The second-order valence-electron chi connectivity index (χ2n) is 6.34. The van der Waals surface area contributed by atoms with Crippen molar-refractivity contribution in [1.82, 2.24) is 5.32 Å². The van der Waals surface area contributed by atoms with E-state index in [0.717, 1.165) is 5.56 Å². The normalized spacial score (nSPS) is 20.9. The van der Waals surface area contributed by atoms with E-state index >= 15 is 0 Å². The fourth-order valence-electron chi connectivity index (χ4n) is 2.42. The Labute approximate surface area is 199 Å². The van der Waals surface area contributed by atoms with Crippen molar-refractivity contribution >= 4 is 0 Å². The van der Waals surface area contributed by atoms with Gasteiger partial charge in [0.05, 0.1) is 22.3 Å². The maximum atomic E-state index is 10.5. The zero-order valence-corrected chi connectivity index (χ0v) is 16.7. The Morgan fingerprint density at radius 3 is 2.63 bits per heavy atom. The molecule has 0 bridgehead atoms. The van der Waals surface area contributed by atoms with Gasteiger partial charge in [0.2, 0.25) is 0 Å². The molecule has 1 atom stereocenters. The molecule has 1 unspecified atom stereocenters. The van der Waals surface area contributed by atoms with Crippen LogP contribution in [0.25, 0.3) is 0 Å². The second kappa shape index (κ2) is 15.0. The van der Waals surface area contributed by atoms with Gasteiger partial charge in [-0.1, -0.05) is 49.2 Å². The van der Waals surface area contributed by atoms with Gasteiger partial charge in [0.25, 0.3) is 0 Å². The summed E-state index contributed by atoms with van der Waals surface area (Å²) in [4.78, 5) is 0. The molecule has 0 radical (unpaired) electrons. The Morgan fingerprint density at radius 1 is 1.03 bits per heavy atom. The van der Waals surface area contributed by atoms with E-state index in [1.54, 1.807) is 0 Å². The van der Waals surface area contributed by atoms with Gasteiger partial charge in [0.15, 0.2) is 0 Å². The minimum Gasteiger partial charge on any atom is -0.508 e. The number of phenols is 1. The van der Waals surface area contributed by atoms with Gasteiger partial charge in [-0.2, -0.15) is 0 Å². The van der Waals surface area contributed by atoms with E-state index < -0.39 is 99.5 Å². The standard InChI is InChI=1S/C25H37NO4/c27-20-23-18-22(13-14-24(23)28)25(29)19-26-15-7-1-2-8-16-30-17-9-6-12-21-10-4-3-5-11-21/h3-5,10-11,13-14,18,25-29H,1-2,6-9,12,15-17,19-20H2/i7D2,8D2,13D,14D,15D2,16D2,17D2,18D. The summed E-state index contributed by atoms with van der Waals surface area (Å²) in [5, 5.41) is 31.9. The van der Waals surface area contributed by atoms with Gasteiger partial charge < -0.3 is 25.4 Å². The fraction of sp³-hybridized carbons (Fsp3) is 0.520. The van der Waals surface area contributed by atoms with Crippen molar-refractivity contribution in [2.24, 2.45) is 0 Å². The van der Waals surface area contributed by atoms with E-state index in [9.17, 15) is 15.3 Å². The summed E-state index contributed by atoms with van der Waals surface area (Å²) in [5.74, 6) is -0.813. The van der Waals surface area contributed by atoms with Crippen LogP contribution in [-0.4, -0.2) is 41.5 Å². The first-order chi connectivity index (χ1) is 19.6. The number of nitrogens with one attached hydrogen (secondary N) is 1. The maximum absolute atomic E-state index is 10.5. The largest absolute Gasteiger partial charge is 0.508 e. The predicted molar refractivity (Wildman–Crippen MR) is 121 cm³/mol. The average molecular weight is 429 g/mol. The second-order valence-corrected chi connectivity index (χ2v) is 6.34. The van der Waals surface area contributed by atoms with Crippen molar-refractivity contribution in [2.45, 2.75) is 57.6 Å². The number of aliphatic hydroxyl groups excluding tert-OH is 2. The topological polar surface area (TPSA) is 82.0 Å². The van der Waals surface area contributed by atoms with Gasteiger partial charge in [-0.3, -0.25) is 0 Å². The van der Waals surface area contributed by atoms with Crippen LogP contribution in [0.3, 0.4) is 0 Å². The molecule has 0 saturated heterocycles. The van der Waals surface area contributed by atoms with Gasteiger partial charge in [0.1, 0.15) is 5.75 Å². The SMILES string of the molecule is [2H]c1c([2H])c(C(O)CNC([2H])([2H])C([2H])([2H])CCC([2H])([2H])C([2H])([2H])OC([2H])([2H])CCCc2ccccc2)c([2H])c(CO)c1O. The molecule has 0 spiro atoms. The van der Waals surface area contributed by atoms with E-state index in [2.05, 4.69) is 5.32 Å². The highest BCUT2D eigenvalue weighted by Gasteiger charge is 2.09. The quantitative estimate of drug-likeness (QED) is 0.323. The highest BCUT2D eigenvalue weighted by Crippen LogP contribution is 2.22. The summed E-state index contributed by atoms with van der Waals surface area (Å²) in [6, 6.07) is 7.02. The van der Waals surface area contributed by atoms with Crippen molar-refractivity contribution < 1.29 is 37.9 Å². The third-order valence-corrected chi connectivity index (χ3v) is 4.01. The molecular weight excluding hydrogens is 378 g/mol. The minimum absolute atomic E-state index is 0.240. The summed E-state index contributed by atoms with van der Waals surface area (Å²) in [6.45, 7) is -10.4. The van der Waals surface area contributed by atoms with Crippen LogP contribution in [0.15, 0.2) is 48.5 Å². The molecule has 2 aromatic carbocycles. The van der Waals surface area contributed by atoms with Crippen molar-refractivity contribution in [3.8, 4) is 5.75 Å². The lowest BCUT2D eigenvalue weighted by molar-refractivity contribution is 0.126. The first kappa shape index (κ1) is 11.6. The number of benzene rings is 2. The van der Waals surface area contributed by atoms with Crippen LogP contribution in [0, 0.1) is 0 Å². The highest BCUT2D eigenvalue weighted by molar-refractivity contribution is 5.36. The van der Waals surface area contributed by atoms with E-state index in [1.807, 2.05) is 30.3 Å². The molecule has 0 heterocycles. The summed E-state index contributed by atoms with van der Waals surface area (Å²) < 4.78 is 110. The van der Waals surface area contributed by atoms with Crippen LogP contribution < -0.4 is 5.32 Å². The summed E-state index contributed by atoms with van der Waals surface area (Å²) in [5.41, 5.74) is 0.0109. The van der Waals surface area contributed by atoms with Crippen LogP contribution in [0.5, 0.6) is 5.75 Å². The smallest absolute Gasteiger partial charge is 0.121 e. The third kappa shape index (κ3) is 9.72. The molecule has 0 aliphatic carbocycles. The molecule has 5 nitrogen and oxygen atoms in total. The van der Waals surface area contributed by atoms with E-state index in [4.69, 9.17) is 22.6 Å². The van der Waals surface area contributed by atoms with Gasteiger partial charge >= 0.3 is 0 Å². The number of aromatic hydroxyl groups is 1. The molecule has 2 aromatic rings. The fourth-order valence-corrected chi connectivity index (χ4v) is 2.42. The number of aryl methyl sites for hydroxylation is 1. The van der Waals surface area contributed by atoms with Gasteiger partial charge in [-0.05, 0) is 61.7 Å². The first-order valence-electron chi connectivity index (χ1n) is 16.2. The Morgan fingerprint density at radius 2 is 1.83 bits per heavy atom. The minimum atomic E-state index is -3.21. The highest BCUT2D eigenvalue weighted by atomic mass is 16.5. The lowest BCUT2D eigenvalue weighted by atomic mass is 10.1. The zero-order chi connectivity index (χ0) is 33.0. The van der Waals surface area contributed by atoms with Gasteiger partial charge in [-0.25, -0.2) is 0 Å². The Kier molecular flexibility index (Phi) is 5.80. The average Bonchev–Trinajstić information content (AvgIpc) is 2.90. The summed E-state index contributed by atoms with van der Waals surface area (Å²) >= 11 is 0. The molecule has 166 valence electrons. The first-order valence-corrected chi connectivity index (χ1v) is 9.69. The molecule has 0 fully saturated rings. The van der Waals surface area contributed by atoms with Gasteiger partial charge in [-0.15, -0.1) is 0 Å². The summed E-state index contributed by atoms with van der Waals surface area (Å²) in [7, 11) is 0. The van der Waals surface area contributed by atoms with Crippen molar-refractivity contribution in [1.29, 1.82) is 0 Å². The van der Waals surface area contributed by atoms with Crippen LogP contribution in [0.2, 0.25) is 0 Å². The van der Waals surface area contributed by atoms with Crippen molar-refractivity contribution in [3.05, 3.63) is 65.1 Å². The molecule has 0 saturated carbocycles. The van der Waals surface area contributed by atoms with Crippen LogP contribution in [0.1, 0.15) is 79.0 Å². The Bertz CT molecular complexity index is 1230. The number of rotatable bonds is 16. The monoisotopic (exact) mass is 428 g/mol. The van der Waals surface area contributed by atoms with Crippen LogP contribution in [0.4, 0.5) is 0 Å². The lowest BCUT2D eigenvalue weighted by Gasteiger charge is -2.14. The van der Waals surface area contributed by atoms with E-state index in [1.165, 1.54) is 0 Å². The molecule has 30 heavy (non-hydrogen) atoms. The lowest BCUT2D eigenvalue weighted by Crippen LogP contribution is -2.22. The van der Waals surface area contributed by atoms with E-state index in [0.29, 0.717) is 6.42 Å². The number of hydrogen-bond donors (Lipinski definition) is 4. The molecule has 0 aromatic heterocycles. The Hall–Kier alpha value is -1.92. The van der Waals surface area contributed by atoms with Crippen molar-refractivity contribution in [2.75, 3.05) is 26.2 Å². The number of hydrogen-bond acceptors (Lipinski definition) is 5. The summed E-state index contributed by atoms with van der Waals surface area (Å²) in [6.07, 6.45) is -8.92. The molecule has 2 rings (SSSR count). The molecule has 0 amide bonds. The third-order valence-electron chi connectivity index (χ3n) is 4.01. The van der Waals surface area contributed by atoms with Crippen LogP contribution in [-0.2, 0) is 17.8 Å². The number of aliphatic hydroxyl groups is 2. The van der Waals surface area contributed by atoms with E-state index in [-0.39, 0.29) is 12.8 Å². The van der Waals surface area contributed by atoms with Crippen LogP contribution >= 0.6 is 0 Å².